The van der Waals surface area contributed by atoms with Crippen LogP contribution in [0.5, 0.6) is 0 Å². The van der Waals surface area contributed by atoms with Crippen LogP contribution in [0.1, 0.15) is 34.5 Å². The van der Waals surface area contributed by atoms with Crippen molar-refractivity contribution in [1.82, 2.24) is 15.1 Å². The molecule has 104 valence electrons. The highest BCUT2D eigenvalue weighted by Crippen LogP contribution is 2.22. The first-order valence-electron chi connectivity index (χ1n) is 6.59. The summed E-state index contributed by atoms with van der Waals surface area (Å²) < 4.78 is 1.98. The van der Waals surface area contributed by atoms with Crippen LogP contribution in [0.4, 0.5) is 0 Å². The van der Waals surface area contributed by atoms with E-state index in [0.717, 1.165) is 36.0 Å². The molecule has 1 N–H and O–H groups in total. The molecule has 2 aromatic rings. The number of hydrogen-bond donors (Lipinski definition) is 1. The van der Waals surface area contributed by atoms with E-state index in [2.05, 4.69) is 29.5 Å². The summed E-state index contributed by atoms with van der Waals surface area (Å²) >= 11 is 8.00. The summed E-state index contributed by atoms with van der Waals surface area (Å²) in [6.45, 7) is 8.97. The number of hydrogen-bond acceptors (Lipinski definition) is 3. The van der Waals surface area contributed by atoms with Gasteiger partial charge in [0.25, 0.3) is 0 Å². The third-order valence-corrected chi connectivity index (χ3v) is 4.66. The Labute approximate surface area is 123 Å². The summed E-state index contributed by atoms with van der Waals surface area (Å²) in [5.41, 5.74) is 1.94. The minimum Gasteiger partial charge on any atom is -0.312 e. The zero-order valence-corrected chi connectivity index (χ0v) is 13.2. The number of nitrogens with zero attached hydrogens (tertiary/aromatic N) is 2. The lowest BCUT2D eigenvalue weighted by atomic mass is 10.4. The summed E-state index contributed by atoms with van der Waals surface area (Å²) in [6.07, 6.45) is 1.17. The van der Waals surface area contributed by atoms with Gasteiger partial charge in [-0.25, -0.2) is 0 Å². The van der Waals surface area contributed by atoms with Crippen LogP contribution in [0.15, 0.2) is 12.1 Å². The maximum absolute atomic E-state index is 6.16. The van der Waals surface area contributed by atoms with Crippen LogP contribution in [-0.2, 0) is 13.1 Å². The van der Waals surface area contributed by atoms with E-state index in [0.29, 0.717) is 0 Å². The fourth-order valence-electron chi connectivity index (χ4n) is 1.97. The van der Waals surface area contributed by atoms with Gasteiger partial charge >= 0.3 is 0 Å². The molecule has 2 aromatic heterocycles. The SMILES string of the molecule is CCCNCc1ccc(Cn2nc(C)c(Cl)c2C)s1. The number of aromatic nitrogens is 2. The third-order valence-electron chi connectivity index (χ3n) is 3.04. The number of aryl methyl sites for hydroxylation is 1. The lowest BCUT2D eigenvalue weighted by molar-refractivity contribution is 0.666. The van der Waals surface area contributed by atoms with Crippen LogP contribution in [0.2, 0.25) is 5.02 Å². The molecule has 0 atom stereocenters. The first kappa shape index (κ1) is 14.6. The highest BCUT2D eigenvalue weighted by molar-refractivity contribution is 7.11. The Morgan fingerprint density at radius 1 is 1.32 bits per heavy atom. The maximum atomic E-state index is 6.16. The smallest absolute Gasteiger partial charge is 0.0844 e. The summed E-state index contributed by atoms with van der Waals surface area (Å²) in [6, 6.07) is 4.37. The van der Waals surface area contributed by atoms with Gasteiger partial charge < -0.3 is 5.32 Å². The summed E-state index contributed by atoms with van der Waals surface area (Å²) in [4.78, 5) is 2.69. The first-order chi connectivity index (χ1) is 9.11. The number of rotatable bonds is 6. The summed E-state index contributed by atoms with van der Waals surface area (Å²) in [5, 5.41) is 8.66. The highest BCUT2D eigenvalue weighted by atomic mass is 35.5. The van der Waals surface area contributed by atoms with Crippen molar-refractivity contribution in [3.8, 4) is 0 Å². The third kappa shape index (κ3) is 3.59. The highest BCUT2D eigenvalue weighted by Gasteiger charge is 2.10. The minimum absolute atomic E-state index is 0.779. The Morgan fingerprint density at radius 3 is 2.68 bits per heavy atom. The fourth-order valence-corrected chi connectivity index (χ4v) is 3.07. The Kier molecular flexibility index (Phi) is 5.02. The fraction of sp³-hybridized carbons (Fsp3) is 0.500. The van der Waals surface area contributed by atoms with Crippen molar-refractivity contribution in [3.05, 3.63) is 38.3 Å². The molecule has 0 aromatic carbocycles. The minimum atomic E-state index is 0.779. The standard InChI is InChI=1S/C14H20ClN3S/c1-4-7-16-8-12-5-6-13(19-12)9-18-11(3)14(15)10(2)17-18/h5-6,16H,4,7-9H2,1-3H3. The maximum Gasteiger partial charge on any atom is 0.0844 e. The first-order valence-corrected chi connectivity index (χ1v) is 7.79. The second kappa shape index (κ2) is 6.55. The molecule has 0 aliphatic heterocycles. The van der Waals surface area contributed by atoms with Gasteiger partial charge in [0.2, 0.25) is 0 Å². The zero-order valence-electron chi connectivity index (χ0n) is 11.7. The molecule has 0 saturated heterocycles. The van der Waals surface area contributed by atoms with Crippen molar-refractivity contribution >= 4 is 22.9 Å². The number of halogens is 1. The van der Waals surface area contributed by atoms with E-state index in [4.69, 9.17) is 11.6 Å². The molecule has 2 heterocycles. The molecular weight excluding hydrogens is 278 g/mol. The van der Waals surface area contributed by atoms with Crippen molar-refractivity contribution in [2.45, 2.75) is 40.3 Å². The predicted molar refractivity (Wildman–Crippen MR) is 82.1 cm³/mol. The average Bonchev–Trinajstić information content (AvgIpc) is 2.92. The van der Waals surface area contributed by atoms with Gasteiger partial charge in [-0.3, -0.25) is 4.68 Å². The number of thiophene rings is 1. The zero-order chi connectivity index (χ0) is 13.8. The van der Waals surface area contributed by atoms with Crippen molar-refractivity contribution in [3.63, 3.8) is 0 Å². The van der Waals surface area contributed by atoms with Gasteiger partial charge in [-0.15, -0.1) is 11.3 Å². The predicted octanol–water partition coefficient (Wildman–Crippen LogP) is 3.76. The van der Waals surface area contributed by atoms with Crippen LogP contribution >= 0.6 is 22.9 Å². The van der Waals surface area contributed by atoms with Crippen molar-refractivity contribution < 1.29 is 0 Å². The molecule has 0 aliphatic rings. The molecule has 0 aliphatic carbocycles. The molecule has 0 spiro atoms. The quantitative estimate of drug-likeness (QED) is 0.823. The molecule has 0 fully saturated rings. The van der Waals surface area contributed by atoms with Gasteiger partial charge in [0.1, 0.15) is 0 Å². The van der Waals surface area contributed by atoms with Gasteiger partial charge in [-0.2, -0.15) is 5.10 Å². The van der Waals surface area contributed by atoms with Crippen LogP contribution in [-0.4, -0.2) is 16.3 Å². The van der Waals surface area contributed by atoms with E-state index in [1.165, 1.54) is 16.2 Å². The Hall–Kier alpha value is -0.840. The van der Waals surface area contributed by atoms with Crippen LogP contribution in [0.3, 0.4) is 0 Å². The van der Waals surface area contributed by atoms with Gasteiger partial charge in [0.05, 0.1) is 23.0 Å². The largest absolute Gasteiger partial charge is 0.312 e. The van der Waals surface area contributed by atoms with Gasteiger partial charge in [0, 0.05) is 16.3 Å². The molecule has 2 rings (SSSR count). The molecule has 0 radical (unpaired) electrons. The van der Waals surface area contributed by atoms with Gasteiger partial charge in [-0.05, 0) is 38.9 Å². The van der Waals surface area contributed by atoms with Gasteiger partial charge in [-0.1, -0.05) is 18.5 Å². The molecule has 0 saturated carbocycles. The average molecular weight is 298 g/mol. The van der Waals surface area contributed by atoms with E-state index in [-0.39, 0.29) is 0 Å². The molecule has 5 heteroatoms. The van der Waals surface area contributed by atoms with E-state index < -0.39 is 0 Å². The molecule has 0 amide bonds. The van der Waals surface area contributed by atoms with E-state index in [1.54, 1.807) is 0 Å². The van der Waals surface area contributed by atoms with Crippen LogP contribution < -0.4 is 5.32 Å². The van der Waals surface area contributed by atoms with Crippen molar-refractivity contribution in [2.24, 2.45) is 0 Å². The Balaban J connectivity index is 2.01. The summed E-state index contributed by atoms with van der Waals surface area (Å²) in [7, 11) is 0. The van der Waals surface area contributed by atoms with E-state index in [1.807, 2.05) is 29.9 Å². The Bertz CT molecular complexity index is 545. The molecule has 0 unspecified atom stereocenters. The monoisotopic (exact) mass is 297 g/mol. The summed E-state index contributed by atoms with van der Waals surface area (Å²) in [5.74, 6) is 0. The normalized spacial score (nSPS) is 11.2. The Morgan fingerprint density at radius 2 is 2.05 bits per heavy atom. The molecular formula is C14H20ClN3S. The topological polar surface area (TPSA) is 29.9 Å². The lowest BCUT2D eigenvalue weighted by Crippen LogP contribution is -2.12. The second-order valence-corrected chi connectivity index (χ2v) is 6.32. The van der Waals surface area contributed by atoms with Crippen LogP contribution in [0, 0.1) is 13.8 Å². The second-order valence-electron chi connectivity index (χ2n) is 4.69. The van der Waals surface area contributed by atoms with Gasteiger partial charge in [0.15, 0.2) is 0 Å². The lowest BCUT2D eigenvalue weighted by Gasteiger charge is -2.02. The van der Waals surface area contributed by atoms with E-state index in [9.17, 15) is 0 Å². The molecule has 19 heavy (non-hydrogen) atoms. The molecule has 3 nitrogen and oxygen atoms in total. The van der Waals surface area contributed by atoms with Crippen molar-refractivity contribution in [1.29, 1.82) is 0 Å². The number of nitrogens with one attached hydrogen (secondary N) is 1. The van der Waals surface area contributed by atoms with Crippen LogP contribution in [0.25, 0.3) is 0 Å². The van der Waals surface area contributed by atoms with Crippen molar-refractivity contribution in [2.75, 3.05) is 6.54 Å². The molecule has 0 bridgehead atoms. The van der Waals surface area contributed by atoms with E-state index >= 15 is 0 Å².